The highest BCUT2D eigenvalue weighted by molar-refractivity contribution is 6.07. The summed E-state index contributed by atoms with van der Waals surface area (Å²) >= 11 is 0. The molecule has 2 aromatic carbocycles. The van der Waals surface area contributed by atoms with E-state index in [1.165, 1.54) is 18.2 Å². The van der Waals surface area contributed by atoms with Crippen molar-refractivity contribution >= 4 is 28.7 Å². The molecule has 160 valence electrons. The first-order valence-corrected chi connectivity index (χ1v) is 9.71. The highest BCUT2D eigenvalue weighted by atomic mass is 19.1. The predicted octanol–water partition coefficient (Wildman–Crippen LogP) is 3.49. The number of rotatable bonds is 5. The van der Waals surface area contributed by atoms with Crippen LogP contribution < -0.4 is 5.32 Å². The number of hydrogen-bond acceptors (Lipinski definition) is 5. The minimum atomic E-state index is -0.748. The lowest BCUT2D eigenvalue weighted by Crippen LogP contribution is -2.35. The summed E-state index contributed by atoms with van der Waals surface area (Å²) in [5.41, 5.74) is 2.13. The fourth-order valence-corrected chi connectivity index (χ4v) is 3.25. The van der Waals surface area contributed by atoms with Gasteiger partial charge in [-0.05, 0) is 48.5 Å². The molecule has 0 aliphatic heterocycles. The molecule has 0 bridgehead atoms. The van der Waals surface area contributed by atoms with Crippen molar-refractivity contribution in [1.29, 1.82) is 0 Å². The van der Waals surface area contributed by atoms with E-state index in [9.17, 15) is 18.8 Å². The van der Waals surface area contributed by atoms with Crippen LogP contribution in [0.25, 0.3) is 22.2 Å². The van der Waals surface area contributed by atoms with Gasteiger partial charge in [-0.2, -0.15) is 0 Å². The summed E-state index contributed by atoms with van der Waals surface area (Å²) in [6, 6.07) is 17.5. The molecule has 0 atom stereocenters. The second-order valence-electron chi connectivity index (χ2n) is 7.04. The first-order valence-electron chi connectivity index (χ1n) is 9.71. The monoisotopic (exact) mass is 431 g/mol. The van der Waals surface area contributed by atoms with Crippen LogP contribution in [0.5, 0.6) is 0 Å². The molecule has 0 saturated carbocycles. The molecule has 2 amide bonds. The van der Waals surface area contributed by atoms with Gasteiger partial charge in [0.15, 0.2) is 6.61 Å². The molecule has 0 aliphatic carbocycles. The third-order valence-electron chi connectivity index (χ3n) is 4.84. The summed E-state index contributed by atoms with van der Waals surface area (Å²) < 4.78 is 20.0. The third kappa shape index (κ3) is 4.39. The number of carbonyl (C=O) groups is 3. The summed E-state index contributed by atoms with van der Waals surface area (Å²) in [6.45, 7) is -0.627. The average molecular weight is 431 g/mol. The van der Waals surface area contributed by atoms with E-state index in [1.54, 1.807) is 66.3 Å². The minimum absolute atomic E-state index is 0.205. The molecule has 32 heavy (non-hydrogen) atoms. The largest absolute Gasteiger partial charge is 0.452 e. The van der Waals surface area contributed by atoms with E-state index in [-0.39, 0.29) is 11.4 Å². The fourth-order valence-electron chi connectivity index (χ4n) is 3.25. The van der Waals surface area contributed by atoms with E-state index in [0.717, 1.165) is 0 Å². The topological polar surface area (TPSA) is 90.3 Å². The van der Waals surface area contributed by atoms with E-state index in [4.69, 9.17) is 4.74 Å². The fraction of sp³-hybridized carbons (Fsp3) is 0.0833. The zero-order valence-corrected chi connectivity index (χ0v) is 17.0. The van der Waals surface area contributed by atoms with Crippen LogP contribution in [-0.2, 0) is 16.6 Å². The summed E-state index contributed by atoms with van der Waals surface area (Å²) in [7, 11) is 1.67. The van der Waals surface area contributed by atoms with Gasteiger partial charge in [0.1, 0.15) is 11.5 Å². The van der Waals surface area contributed by atoms with Crippen molar-refractivity contribution < 1.29 is 23.5 Å². The molecule has 8 heteroatoms. The number of carbonyl (C=O) groups excluding carboxylic acids is 3. The molecule has 2 heterocycles. The van der Waals surface area contributed by atoms with Gasteiger partial charge in [0, 0.05) is 24.2 Å². The summed E-state index contributed by atoms with van der Waals surface area (Å²) in [5, 5.41) is 2.73. The van der Waals surface area contributed by atoms with Gasteiger partial charge in [-0.25, -0.2) is 14.2 Å². The van der Waals surface area contributed by atoms with Crippen molar-refractivity contribution in [2.75, 3.05) is 6.61 Å². The highest BCUT2D eigenvalue weighted by Gasteiger charge is 2.18. The normalized spacial score (nSPS) is 10.7. The molecule has 2 aromatic heterocycles. The van der Waals surface area contributed by atoms with E-state index in [2.05, 4.69) is 10.3 Å². The van der Waals surface area contributed by atoms with Crippen LogP contribution in [0.15, 0.2) is 72.9 Å². The number of nitrogens with one attached hydrogen (secondary N) is 1. The lowest BCUT2D eigenvalue weighted by Gasteiger charge is -2.10. The molecule has 0 fully saturated rings. The molecule has 4 aromatic rings. The predicted molar refractivity (Wildman–Crippen MR) is 115 cm³/mol. The number of fused-ring (bicyclic) bond motifs is 1. The number of nitrogens with zero attached hydrogens (tertiary/aromatic N) is 2. The summed E-state index contributed by atoms with van der Waals surface area (Å²) in [4.78, 5) is 41.6. The number of para-hydroxylation sites is 1. The van der Waals surface area contributed by atoms with E-state index < -0.39 is 24.4 Å². The maximum atomic E-state index is 13.3. The van der Waals surface area contributed by atoms with Crippen LogP contribution in [-0.4, -0.2) is 33.9 Å². The smallest absolute Gasteiger partial charge is 0.339 e. The minimum Gasteiger partial charge on any atom is -0.452 e. The van der Waals surface area contributed by atoms with Gasteiger partial charge in [-0.15, -0.1) is 0 Å². The van der Waals surface area contributed by atoms with Gasteiger partial charge in [0.05, 0.1) is 16.8 Å². The molecule has 0 unspecified atom stereocenters. The number of halogens is 1. The second-order valence-corrected chi connectivity index (χ2v) is 7.04. The maximum Gasteiger partial charge on any atom is 0.339 e. The number of amides is 2. The van der Waals surface area contributed by atoms with Crippen LogP contribution in [0.1, 0.15) is 20.8 Å². The molecule has 7 nitrogen and oxygen atoms in total. The third-order valence-corrected chi connectivity index (χ3v) is 4.84. The van der Waals surface area contributed by atoms with Crippen molar-refractivity contribution in [2.24, 2.45) is 7.05 Å². The van der Waals surface area contributed by atoms with Crippen LogP contribution in [0.4, 0.5) is 4.39 Å². The van der Waals surface area contributed by atoms with Crippen LogP contribution in [0.3, 0.4) is 0 Å². The van der Waals surface area contributed by atoms with Gasteiger partial charge in [-0.3, -0.25) is 14.9 Å². The van der Waals surface area contributed by atoms with Crippen molar-refractivity contribution in [1.82, 2.24) is 14.9 Å². The van der Waals surface area contributed by atoms with Gasteiger partial charge >= 0.3 is 5.97 Å². The SMILES string of the molecule is Cn1cccc1C(=O)NC(=O)COC(=O)c1cc(-c2ccc(F)cc2)nc2ccccc12. The lowest BCUT2D eigenvalue weighted by atomic mass is 10.0. The van der Waals surface area contributed by atoms with E-state index >= 15 is 0 Å². The van der Waals surface area contributed by atoms with E-state index in [1.807, 2.05) is 0 Å². The number of imide groups is 1. The molecule has 0 saturated heterocycles. The Labute approximate surface area is 182 Å². The van der Waals surface area contributed by atoms with Crippen LogP contribution in [0.2, 0.25) is 0 Å². The highest BCUT2D eigenvalue weighted by Crippen LogP contribution is 2.25. The van der Waals surface area contributed by atoms with Crippen molar-refractivity contribution in [3.05, 3.63) is 90.0 Å². The van der Waals surface area contributed by atoms with Crippen molar-refractivity contribution in [3.8, 4) is 11.3 Å². The number of aromatic nitrogens is 2. The molecule has 1 N–H and O–H groups in total. The second kappa shape index (κ2) is 8.81. The Morgan fingerprint density at radius 2 is 1.78 bits per heavy atom. The molecule has 0 spiro atoms. The number of pyridine rings is 1. The quantitative estimate of drug-likeness (QED) is 0.489. The zero-order valence-electron chi connectivity index (χ0n) is 17.0. The summed E-state index contributed by atoms with van der Waals surface area (Å²) in [6.07, 6.45) is 1.67. The Bertz CT molecular complexity index is 1330. The molecule has 4 rings (SSSR count). The molecule has 0 radical (unpaired) electrons. The van der Waals surface area contributed by atoms with Crippen molar-refractivity contribution in [3.63, 3.8) is 0 Å². The summed E-state index contributed by atoms with van der Waals surface area (Å²) in [5.74, 6) is -2.47. The Balaban J connectivity index is 1.53. The molecular formula is C24H18FN3O4. The van der Waals surface area contributed by atoms with Crippen LogP contribution >= 0.6 is 0 Å². The van der Waals surface area contributed by atoms with Crippen LogP contribution in [0, 0.1) is 5.82 Å². The lowest BCUT2D eigenvalue weighted by molar-refractivity contribution is -0.123. The Kier molecular flexibility index (Phi) is 5.76. The van der Waals surface area contributed by atoms with Gasteiger partial charge < -0.3 is 9.30 Å². The standard InChI is InChI=1S/C24H18FN3O4/c1-28-12-4-7-21(28)23(30)27-22(29)14-32-24(31)18-13-20(15-8-10-16(25)11-9-15)26-19-6-3-2-5-17(18)19/h2-13H,14H2,1H3,(H,27,29,30). The first-order chi connectivity index (χ1) is 15.4. The first kappa shape index (κ1) is 20.9. The van der Waals surface area contributed by atoms with Gasteiger partial charge in [0.25, 0.3) is 11.8 Å². The Morgan fingerprint density at radius 1 is 1.03 bits per heavy atom. The number of esters is 1. The number of aryl methyl sites for hydroxylation is 1. The molecule has 0 aliphatic rings. The number of hydrogen-bond donors (Lipinski definition) is 1. The Hall–Kier alpha value is -4.33. The van der Waals surface area contributed by atoms with Crippen molar-refractivity contribution in [2.45, 2.75) is 0 Å². The van der Waals surface area contributed by atoms with Gasteiger partial charge in [-0.1, -0.05) is 18.2 Å². The number of benzene rings is 2. The Morgan fingerprint density at radius 3 is 2.50 bits per heavy atom. The van der Waals surface area contributed by atoms with Gasteiger partial charge in [0.2, 0.25) is 0 Å². The average Bonchev–Trinajstić information content (AvgIpc) is 3.23. The number of ether oxygens (including phenoxy) is 1. The van der Waals surface area contributed by atoms with E-state index in [0.29, 0.717) is 27.9 Å². The zero-order chi connectivity index (χ0) is 22.7. The maximum absolute atomic E-state index is 13.3. The molecular weight excluding hydrogens is 413 g/mol.